The number of aliphatic hydroxyl groups excluding tert-OH is 1. The van der Waals surface area contributed by atoms with Gasteiger partial charge in [0.2, 0.25) is 0 Å². The second kappa shape index (κ2) is 4.19. The number of aliphatic hydroxyl groups is 1. The van der Waals surface area contributed by atoms with Gasteiger partial charge in [0.15, 0.2) is 0 Å². The van der Waals surface area contributed by atoms with E-state index in [2.05, 4.69) is 11.8 Å². The maximum Gasteiger partial charge on any atom is 0.0586 e. The molecule has 0 aromatic rings. The Labute approximate surface area is 87.3 Å². The van der Waals surface area contributed by atoms with Gasteiger partial charge in [-0.25, -0.2) is 0 Å². The third kappa shape index (κ3) is 2.12. The zero-order chi connectivity index (χ0) is 10.0. The van der Waals surface area contributed by atoms with E-state index in [-0.39, 0.29) is 0 Å². The lowest BCUT2D eigenvalue weighted by atomic mass is 9.70. The minimum atomic E-state index is 0.357. The molecule has 82 valence electrons. The van der Waals surface area contributed by atoms with E-state index in [0.29, 0.717) is 18.1 Å². The zero-order valence-electron chi connectivity index (χ0n) is 9.34. The first-order chi connectivity index (χ1) is 6.73. The van der Waals surface area contributed by atoms with Crippen LogP contribution in [-0.2, 0) is 0 Å². The molecule has 2 fully saturated rings. The smallest absolute Gasteiger partial charge is 0.0586 e. The van der Waals surface area contributed by atoms with Gasteiger partial charge in [0.25, 0.3) is 0 Å². The largest absolute Gasteiger partial charge is 0.395 e. The second-order valence-electron chi connectivity index (χ2n) is 5.47. The Morgan fingerprint density at radius 3 is 2.64 bits per heavy atom. The van der Waals surface area contributed by atoms with Crippen LogP contribution in [-0.4, -0.2) is 35.7 Å². The molecule has 1 heterocycles. The van der Waals surface area contributed by atoms with Gasteiger partial charge in [-0.1, -0.05) is 19.8 Å². The van der Waals surface area contributed by atoms with Crippen LogP contribution in [0, 0.1) is 5.41 Å². The fraction of sp³-hybridized carbons (Fsp3) is 1.00. The van der Waals surface area contributed by atoms with Gasteiger partial charge in [-0.3, -0.25) is 4.90 Å². The molecule has 1 saturated heterocycles. The minimum Gasteiger partial charge on any atom is -0.395 e. The highest BCUT2D eigenvalue weighted by molar-refractivity contribution is 4.89. The first-order valence-electron chi connectivity index (χ1n) is 6.08. The highest BCUT2D eigenvalue weighted by atomic mass is 16.3. The Balaban J connectivity index is 1.87. The third-order valence-corrected chi connectivity index (χ3v) is 4.11. The van der Waals surface area contributed by atoms with Gasteiger partial charge in [0, 0.05) is 12.6 Å². The Kier molecular flexibility index (Phi) is 3.13. The summed E-state index contributed by atoms with van der Waals surface area (Å²) in [5.41, 5.74) is 0.574. The van der Waals surface area contributed by atoms with E-state index in [9.17, 15) is 5.11 Å². The lowest BCUT2D eigenvalue weighted by molar-refractivity contribution is 0.0215. The summed E-state index contributed by atoms with van der Waals surface area (Å²) in [5.74, 6) is 0. The first-order valence-corrected chi connectivity index (χ1v) is 6.08. The molecule has 2 heteroatoms. The number of likely N-dealkylation sites (tertiary alicyclic amines) is 1. The van der Waals surface area contributed by atoms with Crippen LogP contribution in [0.2, 0.25) is 0 Å². The van der Waals surface area contributed by atoms with Gasteiger partial charge in [0.05, 0.1) is 6.61 Å². The molecule has 14 heavy (non-hydrogen) atoms. The van der Waals surface area contributed by atoms with Crippen molar-refractivity contribution in [3.05, 3.63) is 0 Å². The van der Waals surface area contributed by atoms with Crippen LogP contribution in [0.4, 0.5) is 0 Å². The summed E-state index contributed by atoms with van der Waals surface area (Å²) in [7, 11) is 0. The van der Waals surface area contributed by atoms with E-state index in [1.807, 2.05) is 0 Å². The minimum absolute atomic E-state index is 0.357. The number of hydrogen-bond acceptors (Lipinski definition) is 2. The molecule has 0 aromatic carbocycles. The monoisotopic (exact) mass is 197 g/mol. The maximum atomic E-state index is 9.31. The standard InChI is InChI=1S/C12H23NO/c1-12(6-4-7-12)10-13-8-3-2-5-11(13)9-14/h11,14H,2-10H2,1H3. The Morgan fingerprint density at radius 1 is 1.29 bits per heavy atom. The molecule has 1 saturated carbocycles. The van der Waals surface area contributed by atoms with Gasteiger partial charge in [-0.15, -0.1) is 0 Å². The van der Waals surface area contributed by atoms with E-state index in [1.54, 1.807) is 0 Å². The van der Waals surface area contributed by atoms with Crippen molar-refractivity contribution < 1.29 is 5.11 Å². The van der Waals surface area contributed by atoms with E-state index in [0.717, 1.165) is 0 Å². The molecule has 0 bridgehead atoms. The van der Waals surface area contributed by atoms with Gasteiger partial charge in [-0.05, 0) is 37.6 Å². The molecule has 2 nitrogen and oxygen atoms in total. The van der Waals surface area contributed by atoms with Crippen molar-refractivity contribution in [1.29, 1.82) is 0 Å². The van der Waals surface area contributed by atoms with Gasteiger partial charge in [-0.2, -0.15) is 0 Å². The van der Waals surface area contributed by atoms with Crippen molar-refractivity contribution in [3.63, 3.8) is 0 Å². The molecular formula is C12H23NO. The predicted octanol–water partition coefficient (Wildman–Crippen LogP) is 2.02. The van der Waals surface area contributed by atoms with Gasteiger partial charge < -0.3 is 5.11 Å². The van der Waals surface area contributed by atoms with Crippen LogP contribution < -0.4 is 0 Å². The van der Waals surface area contributed by atoms with Crippen molar-refractivity contribution in [1.82, 2.24) is 4.90 Å². The molecule has 0 spiro atoms. The summed E-state index contributed by atoms with van der Waals surface area (Å²) in [6.07, 6.45) is 8.02. The van der Waals surface area contributed by atoms with Gasteiger partial charge >= 0.3 is 0 Å². The van der Waals surface area contributed by atoms with Crippen LogP contribution in [0.3, 0.4) is 0 Å². The summed E-state index contributed by atoms with van der Waals surface area (Å²) in [6.45, 7) is 5.19. The summed E-state index contributed by atoms with van der Waals surface area (Å²) in [5, 5.41) is 9.31. The highest BCUT2D eigenvalue weighted by Crippen LogP contribution is 2.41. The maximum absolute atomic E-state index is 9.31. The van der Waals surface area contributed by atoms with Crippen LogP contribution in [0.15, 0.2) is 0 Å². The Bertz CT molecular complexity index is 189. The molecule has 1 atom stereocenters. The van der Waals surface area contributed by atoms with Crippen molar-refractivity contribution in [3.8, 4) is 0 Å². The molecule has 2 rings (SSSR count). The van der Waals surface area contributed by atoms with Gasteiger partial charge in [0.1, 0.15) is 0 Å². The Morgan fingerprint density at radius 2 is 2.07 bits per heavy atom. The molecule has 0 amide bonds. The molecule has 2 aliphatic rings. The lowest BCUT2D eigenvalue weighted by Gasteiger charge is -2.46. The number of hydrogen-bond donors (Lipinski definition) is 1. The van der Waals surface area contributed by atoms with Crippen LogP contribution in [0.1, 0.15) is 45.4 Å². The summed E-state index contributed by atoms with van der Waals surface area (Å²) >= 11 is 0. The molecule has 0 radical (unpaired) electrons. The van der Waals surface area contributed by atoms with Crippen molar-refractivity contribution in [2.24, 2.45) is 5.41 Å². The van der Waals surface area contributed by atoms with Crippen molar-refractivity contribution in [2.45, 2.75) is 51.5 Å². The third-order valence-electron chi connectivity index (χ3n) is 4.11. The van der Waals surface area contributed by atoms with E-state index < -0.39 is 0 Å². The second-order valence-corrected chi connectivity index (χ2v) is 5.47. The predicted molar refractivity (Wildman–Crippen MR) is 58.3 cm³/mol. The van der Waals surface area contributed by atoms with Crippen molar-refractivity contribution >= 4 is 0 Å². The lowest BCUT2D eigenvalue weighted by Crippen LogP contribution is -2.48. The average molecular weight is 197 g/mol. The van der Waals surface area contributed by atoms with E-state index in [1.165, 1.54) is 51.6 Å². The number of nitrogens with zero attached hydrogens (tertiary/aromatic N) is 1. The van der Waals surface area contributed by atoms with Crippen LogP contribution in [0.25, 0.3) is 0 Å². The fourth-order valence-electron chi connectivity index (χ4n) is 2.90. The molecule has 1 unspecified atom stereocenters. The number of piperidine rings is 1. The van der Waals surface area contributed by atoms with Crippen LogP contribution >= 0.6 is 0 Å². The summed E-state index contributed by atoms with van der Waals surface area (Å²) < 4.78 is 0. The highest BCUT2D eigenvalue weighted by Gasteiger charge is 2.35. The van der Waals surface area contributed by atoms with E-state index in [4.69, 9.17) is 0 Å². The molecule has 0 aromatic heterocycles. The summed E-state index contributed by atoms with van der Waals surface area (Å²) in [4.78, 5) is 2.53. The number of rotatable bonds is 3. The quantitative estimate of drug-likeness (QED) is 0.748. The summed E-state index contributed by atoms with van der Waals surface area (Å²) in [6, 6.07) is 0.459. The molecule has 1 aliphatic carbocycles. The zero-order valence-corrected chi connectivity index (χ0v) is 9.34. The topological polar surface area (TPSA) is 23.5 Å². The molecule has 1 N–H and O–H groups in total. The van der Waals surface area contributed by atoms with Crippen LogP contribution in [0.5, 0.6) is 0 Å². The first kappa shape index (κ1) is 10.4. The van der Waals surface area contributed by atoms with Crippen molar-refractivity contribution in [2.75, 3.05) is 19.7 Å². The SMILES string of the molecule is CC1(CN2CCCCC2CO)CCC1. The fourth-order valence-corrected chi connectivity index (χ4v) is 2.90. The average Bonchev–Trinajstić information content (AvgIpc) is 2.16. The van der Waals surface area contributed by atoms with E-state index >= 15 is 0 Å². The Hall–Kier alpha value is -0.0800. The molecule has 1 aliphatic heterocycles. The normalized spacial score (nSPS) is 32.6. The molecular weight excluding hydrogens is 174 g/mol.